The Balaban J connectivity index is 2.36. The molecule has 0 fully saturated rings. The van der Waals surface area contributed by atoms with E-state index in [9.17, 15) is 8.78 Å². The van der Waals surface area contributed by atoms with Gasteiger partial charge in [0.1, 0.15) is 0 Å². The van der Waals surface area contributed by atoms with E-state index in [1.54, 1.807) is 13.0 Å². The minimum absolute atomic E-state index is 0.151. The minimum atomic E-state index is -1.06. The molecular weight excluding hydrogens is 306 g/mol. The molecule has 0 saturated heterocycles. The van der Waals surface area contributed by atoms with E-state index in [1.165, 1.54) is 12.3 Å². The number of nitrogen functional groups attached to an aromatic ring is 1. The monoisotopic (exact) mass is 314 g/mol. The van der Waals surface area contributed by atoms with Crippen molar-refractivity contribution in [1.29, 1.82) is 0 Å². The Kier molecular flexibility index (Phi) is 3.47. The van der Waals surface area contributed by atoms with E-state index < -0.39 is 11.6 Å². The van der Waals surface area contributed by atoms with Gasteiger partial charge in [0, 0.05) is 10.5 Å². The Morgan fingerprint density at radius 1 is 1.28 bits per heavy atom. The van der Waals surface area contributed by atoms with E-state index in [0.717, 1.165) is 11.6 Å². The molecule has 1 aromatic heterocycles. The fraction of sp³-hybridized carbons (Fsp3) is 0.0833. The van der Waals surface area contributed by atoms with Crippen molar-refractivity contribution in [3.63, 3.8) is 0 Å². The first kappa shape index (κ1) is 12.8. The molecule has 1 aromatic carbocycles. The van der Waals surface area contributed by atoms with E-state index >= 15 is 0 Å². The number of nitrogens with zero attached hydrogens (tertiary/aromatic N) is 1. The summed E-state index contributed by atoms with van der Waals surface area (Å²) < 4.78 is 32.2. The third kappa shape index (κ3) is 2.59. The number of ether oxygens (including phenoxy) is 1. The summed E-state index contributed by atoms with van der Waals surface area (Å²) in [6.07, 6.45) is 1.40. The van der Waals surface area contributed by atoms with Crippen molar-refractivity contribution >= 4 is 21.6 Å². The molecule has 3 nitrogen and oxygen atoms in total. The van der Waals surface area contributed by atoms with Crippen molar-refractivity contribution in [1.82, 2.24) is 4.98 Å². The van der Waals surface area contributed by atoms with Crippen LogP contribution in [-0.2, 0) is 0 Å². The van der Waals surface area contributed by atoms with Gasteiger partial charge in [0.05, 0.1) is 11.9 Å². The standard InChI is InChI=1S/C12H9BrF2N2O/c1-6-2-11(17-5-9(6)16)18-10-4-7(13)3-8(14)12(10)15/h2-5H,16H2,1H3. The maximum absolute atomic E-state index is 13.5. The highest BCUT2D eigenvalue weighted by molar-refractivity contribution is 9.10. The molecule has 0 aliphatic rings. The van der Waals surface area contributed by atoms with Crippen LogP contribution in [-0.4, -0.2) is 4.98 Å². The van der Waals surface area contributed by atoms with Crippen molar-refractivity contribution in [3.8, 4) is 11.6 Å². The molecule has 0 atom stereocenters. The van der Waals surface area contributed by atoms with E-state index in [0.29, 0.717) is 10.2 Å². The summed E-state index contributed by atoms with van der Waals surface area (Å²) in [6, 6.07) is 3.89. The van der Waals surface area contributed by atoms with E-state index in [2.05, 4.69) is 20.9 Å². The van der Waals surface area contributed by atoms with Gasteiger partial charge in [0.25, 0.3) is 0 Å². The van der Waals surface area contributed by atoms with E-state index in [4.69, 9.17) is 10.5 Å². The first-order chi connectivity index (χ1) is 8.47. The molecule has 0 saturated carbocycles. The van der Waals surface area contributed by atoms with E-state index in [-0.39, 0.29) is 11.6 Å². The number of aromatic nitrogens is 1. The van der Waals surface area contributed by atoms with Gasteiger partial charge in [-0.3, -0.25) is 0 Å². The summed E-state index contributed by atoms with van der Waals surface area (Å²) in [7, 11) is 0. The van der Waals surface area contributed by atoms with Gasteiger partial charge in [-0.2, -0.15) is 4.39 Å². The van der Waals surface area contributed by atoms with Gasteiger partial charge in [-0.1, -0.05) is 15.9 Å². The molecule has 0 unspecified atom stereocenters. The number of pyridine rings is 1. The van der Waals surface area contributed by atoms with Crippen LogP contribution in [0.15, 0.2) is 28.9 Å². The third-order valence-corrected chi connectivity index (χ3v) is 2.76. The van der Waals surface area contributed by atoms with Crippen LogP contribution in [0.4, 0.5) is 14.5 Å². The van der Waals surface area contributed by atoms with Crippen molar-refractivity contribution in [2.24, 2.45) is 0 Å². The summed E-state index contributed by atoms with van der Waals surface area (Å²) in [5, 5.41) is 0. The highest BCUT2D eigenvalue weighted by Crippen LogP contribution is 2.29. The number of halogens is 3. The summed E-state index contributed by atoms with van der Waals surface area (Å²) in [4.78, 5) is 3.88. The third-order valence-electron chi connectivity index (χ3n) is 2.30. The van der Waals surface area contributed by atoms with Crippen molar-refractivity contribution in [2.45, 2.75) is 6.92 Å². The fourth-order valence-electron chi connectivity index (χ4n) is 1.32. The number of hydrogen-bond donors (Lipinski definition) is 1. The summed E-state index contributed by atoms with van der Waals surface area (Å²) in [6.45, 7) is 1.77. The molecule has 0 radical (unpaired) electrons. The van der Waals surface area contributed by atoms with Crippen molar-refractivity contribution < 1.29 is 13.5 Å². The van der Waals surface area contributed by atoms with Crippen molar-refractivity contribution in [3.05, 3.63) is 46.1 Å². The molecule has 94 valence electrons. The largest absolute Gasteiger partial charge is 0.436 e. The molecule has 2 rings (SSSR count). The van der Waals surface area contributed by atoms with Gasteiger partial charge >= 0.3 is 0 Å². The van der Waals surface area contributed by atoms with E-state index in [1.807, 2.05) is 0 Å². The van der Waals surface area contributed by atoms with Crippen LogP contribution in [0.1, 0.15) is 5.56 Å². The highest BCUT2D eigenvalue weighted by atomic mass is 79.9. The average Bonchev–Trinajstić information content (AvgIpc) is 2.30. The minimum Gasteiger partial charge on any atom is -0.436 e. The average molecular weight is 315 g/mol. The maximum atomic E-state index is 13.5. The normalized spacial score (nSPS) is 10.4. The summed E-state index contributed by atoms with van der Waals surface area (Å²) in [5.41, 5.74) is 6.85. The molecule has 0 aliphatic carbocycles. The lowest BCUT2D eigenvalue weighted by atomic mass is 10.2. The molecule has 0 bridgehead atoms. The molecule has 0 aliphatic heterocycles. The quantitative estimate of drug-likeness (QED) is 0.858. The number of aryl methyl sites for hydroxylation is 1. The SMILES string of the molecule is Cc1cc(Oc2cc(Br)cc(F)c2F)ncc1N. The second kappa shape index (κ2) is 4.89. The zero-order valence-corrected chi connectivity index (χ0v) is 11.0. The summed E-state index contributed by atoms with van der Waals surface area (Å²) in [5.74, 6) is -2.14. The van der Waals surface area contributed by atoms with Gasteiger partial charge in [-0.05, 0) is 24.6 Å². The van der Waals surface area contributed by atoms with Crippen LogP contribution < -0.4 is 10.5 Å². The van der Waals surface area contributed by atoms with Crippen LogP contribution in [0.25, 0.3) is 0 Å². The predicted octanol–water partition coefficient (Wildman–Crippen LogP) is 3.81. The smallest absolute Gasteiger partial charge is 0.219 e. The lowest BCUT2D eigenvalue weighted by Crippen LogP contribution is -1.96. The summed E-state index contributed by atoms with van der Waals surface area (Å²) >= 11 is 3.06. The fourth-order valence-corrected chi connectivity index (χ4v) is 1.72. The molecule has 2 N–H and O–H groups in total. The van der Waals surface area contributed by atoms with Crippen LogP contribution in [0, 0.1) is 18.6 Å². The van der Waals surface area contributed by atoms with Gasteiger partial charge in [-0.25, -0.2) is 9.37 Å². The number of nitrogens with two attached hydrogens (primary N) is 1. The Morgan fingerprint density at radius 3 is 2.67 bits per heavy atom. The molecule has 0 amide bonds. The topological polar surface area (TPSA) is 48.1 Å². The second-order valence-electron chi connectivity index (χ2n) is 3.68. The molecule has 18 heavy (non-hydrogen) atoms. The zero-order valence-electron chi connectivity index (χ0n) is 9.38. The highest BCUT2D eigenvalue weighted by Gasteiger charge is 2.13. The molecule has 6 heteroatoms. The maximum Gasteiger partial charge on any atom is 0.219 e. The molecule has 1 heterocycles. The van der Waals surface area contributed by atoms with Crippen LogP contribution >= 0.6 is 15.9 Å². The first-order valence-electron chi connectivity index (χ1n) is 5.02. The number of benzene rings is 1. The van der Waals surface area contributed by atoms with Crippen LogP contribution in [0.3, 0.4) is 0 Å². The molecular formula is C12H9BrF2N2O. The Bertz CT molecular complexity index is 605. The lowest BCUT2D eigenvalue weighted by Gasteiger charge is -2.08. The number of anilines is 1. The van der Waals surface area contributed by atoms with Gasteiger partial charge in [0.2, 0.25) is 11.7 Å². The number of rotatable bonds is 2. The van der Waals surface area contributed by atoms with Gasteiger partial charge in [0.15, 0.2) is 11.6 Å². The van der Waals surface area contributed by atoms with Crippen LogP contribution in [0.5, 0.6) is 11.6 Å². The zero-order chi connectivity index (χ0) is 13.3. The lowest BCUT2D eigenvalue weighted by molar-refractivity contribution is 0.405. The Labute approximate surface area is 111 Å². The van der Waals surface area contributed by atoms with Gasteiger partial charge in [-0.15, -0.1) is 0 Å². The predicted molar refractivity (Wildman–Crippen MR) is 67.5 cm³/mol. The molecule has 2 aromatic rings. The van der Waals surface area contributed by atoms with Crippen molar-refractivity contribution in [2.75, 3.05) is 5.73 Å². The Morgan fingerprint density at radius 2 is 2.00 bits per heavy atom. The van der Waals surface area contributed by atoms with Crippen LogP contribution in [0.2, 0.25) is 0 Å². The van der Waals surface area contributed by atoms with Gasteiger partial charge < -0.3 is 10.5 Å². The first-order valence-corrected chi connectivity index (χ1v) is 5.81. The number of hydrogen-bond acceptors (Lipinski definition) is 3. The Hall–Kier alpha value is -1.69. The second-order valence-corrected chi connectivity index (χ2v) is 4.60. The molecule has 0 spiro atoms.